The topological polar surface area (TPSA) is 59.0 Å². The molecule has 6 nitrogen and oxygen atoms in total. The van der Waals surface area contributed by atoms with Gasteiger partial charge < -0.3 is 4.74 Å². The van der Waals surface area contributed by atoms with Crippen LogP contribution in [0.2, 0.25) is 0 Å². The standard InChI is InChI=1S/C26H37N5O/c1-17(2)21-7-9-24(10-8-21)32-16-23-13-26(28-27-23)22-11-12-30(14-22)15-25-19(5)29-31(18(3)4)20(25)6/h7-10,13,17-18,22H,11-12,14-16H2,1-6H3,(H,27,28)/t22-/m1/s1. The molecule has 0 bridgehead atoms. The van der Waals surface area contributed by atoms with E-state index in [1.54, 1.807) is 0 Å². The molecule has 0 unspecified atom stereocenters. The van der Waals surface area contributed by atoms with Gasteiger partial charge in [-0.05, 0) is 70.3 Å². The second-order valence-corrected chi connectivity index (χ2v) is 9.74. The highest BCUT2D eigenvalue weighted by atomic mass is 16.5. The van der Waals surface area contributed by atoms with Crippen LogP contribution in [0.15, 0.2) is 30.3 Å². The summed E-state index contributed by atoms with van der Waals surface area (Å²) in [4.78, 5) is 2.54. The van der Waals surface area contributed by atoms with E-state index in [-0.39, 0.29) is 0 Å². The Bertz CT molecular complexity index is 1030. The highest BCUT2D eigenvalue weighted by molar-refractivity contribution is 5.29. The number of H-pyrrole nitrogens is 1. The van der Waals surface area contributed by atoms with E-state index in [0.717, 1.165) is 48.9 Å². The highest BCUT2D eigenvalue weighted by Gasteiger charge is 2.27. The van der Waals surface area contributed by atoms with Crippen LogP contribution in [-0.4, -0.2) is 38.0 Å². The fraction of sp³-hybridized carbons (Fsp3) is 0.538. The number of nitrogens with zero attached hydrogens (tertiary/aromatic N) is 4. The molecule has 0 saturated carbocycles. The van der Waals surface area contributed by atoms with Crippen molar-refractivity contribution in [2.24, 2.45) is 0 Å². The minimum absolute atomic E-state index is 0.395. The van der Waals surface area contributed by atoms with Gasteiger partial charge in [-0.25, -0.2) is 0 Å². The molecular weight excluding hydrogens is 398 g/mol. The van der Waals surface area contributed by atoms with Gasteiger partial charge in [-0.1, -0.05) is 26.0 Å². The summed E-state index contributed by atoms with van der Waals surface area (Å²) in [7, 11) is 0. The molecule has 6 heteroatoms. The van der Waals surface area contributed by atoms with Crippen LogP contribution in [0, 0.1) is 13.8 Å². The largest absolute Gasteiger partial charge is 0.487 e. The van der Waals surface area contributed by atoms with E-state index >= 15 is 0 Å². The van der Waals surface area contributed by atoms with Crippen LogP contribution in [0.5, 0.6) is 5.75 Å². The molecule has 3 heterocycles. The van der Waals surface area contributed by atoms with Gasteiger partial charge in [0.15, 0.2) is 0 Å². The Balaban J connectivity index is 1.32. The molecule has 1 saturated heterocycles. The molecule has 1 atom stereocenters. The Morgan fingerprint density at radius 1 is 1.12 bits per heavy atom. The number of likely N-dealkylation sites (tertiary alicyclic amines) is 1. The molecule has 1 aliphatic heterocycles. The Morgan fingerprint density at radius 2 is 1.88 bits per heavy atom. The lowest BCUT2D eigenvalue weighted by atomic mass is 10.0. The van der Waals surface area contributed by atoms with Crippen LogP contribution in [0.3, 0.4) is 0 Å². The summed E-state index contributed by atoms with van der Waals surface area (Å²) < 4.78 is 8.11. The molecule has 2 aromatic heterocycles. The summed E-state index contributed by atoms with van der Waals surface area (Å²) in [5, 5.41) is 12.5. The van der Waals surface area contributed by atoms with Crippen molar-refractivity contribution in [2.75, 3.05) is 13.1 Å². The summed E-state index contributed by atoms with van der Waals surface area (Å²) in [5.41, 5.74) is 7.32. The highest BCUT2D eigenvalue weighted by Crippen LogP contribution is 2.29. The molecule has 172 valence electrons. The van der Waals surface area contributed by atoms with Gasteiger partial charge >= 0.3 is 0 Å². The average molecular weight is 436 g/mol. The van der Waals surface area contributed by atoms with E-state index in [0.29, 0.717) is 24.5 Å². The van der Waals surface area contributed by atoms with Gasteiger partial charge in [-0.2, -0.15) is 10.2 Å². The van der Waals surface area contributed by atoms with Crippen molar-refractivity contribution in [2.45, 2.75) is 79.0 Å². The molecular formula is C26H37N5O. The monoisotopic (exact) mass is 435 g/mol. The minimum atomic E-state index is 0.395. The first kappa shape index (κ1) is 22.6. The van der Waals surface area contributed by atoms with Gasteiger partial charge in [0, 0.05) is 36.3 Å². The first-order chi connectivity index (χ1) is 15.3. The van der Waals surface area contributed by atoms with E-state index in [1.165, 1.54) is 16.8 Å². The Kier molecular flexibility index (Phi) is 6.70. The average Bonchev–Trinajstić information content (AvgIpc) is 3.48. The number of benzene rings is 1. The van der Waals surface area contributed by atoms with Crippen LogP contribution in [0.4, 0.5) is 0 Å². The molecule has 3 aromatic rings. The number of nitrogens with one attached hydrogen (secondary N) is 1. The molecule has 0 radical (unpaired) electrons. The molecule has 1 aliphatic rings. The Hall–Kier alpha value is -2.60. The smallest absolute Gasteiger partial charge is 0.130 e. The quantitative estimate of drug-likeness (QED) is 0.508. The van der Waals surface area contributed by atoms with E-state index in [2.05, 4.69) is 79.5 Å². The van der Waals surface area contributed by atoms with E-state index in [4.69, 9.17) is 9.84 Å². The number of aromatic amines is 1. The van der Waals surface area contributed by atoms with Crippen LogP contribution < -0.4 is 4.74 Å². The van der Waals surface area contributed by atoms with Crippen LogP contribution in [0.25, 0.3) is 0 Å². The number of ether oxygens (including phenoxy) is 1. The van der Waals surface area contributed by atoms with Crippen molar-refractivity contribution in [3.63, 3.8) is 0 Å². The van der Waals surface area contributed by atoms with Crippen molar-refractivity contribution in [1.29, 1.82) is 0 Å². The minimum Gasteiger partial charge on any atom is -0.487 e. The SMILES string of the molecule is Cc1nn(C(C)C)c(C)c1CN1CC[C@@H](c2cc(COc3ccc(C(C)C)cc3)[nH]n2)C1. The van der Waals surface area contributed by atoms with Gasteiger partial charge in [-0.3, -0.25) is 14.7 Å². The first-order valence-corrected chi connectivity index (χ1v) is 11.9. The van der Waals surface area contributed by atoms with Gasteiger partial charge in [0.2, 0.25) is 0 Å². The normalized spacial score (nSPS) is 17.1. The lowest BCUT2D eigenvalue weighted by Crippen LogP contribution is -2.20. The summed E-state index contributed by atoms with van der Waals surface area (Å²) in [5.74, 6) is 1.89. The third kappa shape index (κ3) is 4.90. The maximum Gasteiger partial charge on any atom is 0.130 e. The molecule has 1 aromatic carbocycles. The first-order valence-electron chi connectivity index (χ1n) is 11.9. The Labute approximate surface area is 192 Å². The number of hydrogen-bond acceptors (Lipinski definition) is 4. The van der Waals surface area contributed by atoms with Crippen LogP contribution >= 0.6 is 0 Å². The van der Waals surface area contributed by atoms with Crippen molar-refractivity contribution < 1.29 is 4.74 Å². The van der Waals surface area contributed by atoms with Gasteiger partial charge in [-0.15, -0.1) is 0 Å². The molecule has 32 heavy (non-hydrogen) atoms. The van der Waals surface area contributed by atoms with E-state index < -0.39 is 0 Å². The predicted octanol–water partition coefficient (Wildman–Crippen LogP) is 5.50. The Morgan fingerprint density at radius 3 is 2.53 bits per heavy atom. The zero-order valence-corrected chi connectivity index (χ0v) is 20.4. The summed E-state index contributed by atoms with van der Waals surface area (Å²) in [6.45, 7) is 16.7. The van der Waals surface area contributed by atoms with Crippen LogP contribution in [-0.2, 0) is 13.2 Å². The van der Waals surface area contributed by atoms with Gasteiger partial charge in [0.05, 0.1) is 17.1 Å². The molecule has 1 N–H and O–H groups in total. The number of aryl methyl sites for hydroxylation is 1. The van der Waals surface area contributed by atoms with Crippen LogP contribution in [0.1, 0.15) is 85.9 Å². The second-order valence-electron chi connectivity index (χ2n) is 9.74. The zero-order valence-electron chi connectivity index (χ0n) is 20.4. The predicted molar refractivity (Wildman–Crippen MR) is 128 cm³/mol. The van der Waals surface area contributed by atoms with Crippen molar-refractivity contribution >= 4 is 0 Å². The molecule has 0 amide bonds. The molecule has 0 spiro atoms. The maximum absolute atomic E-state index is 5.96. The maximum atomic E-state index is 5.96. The number of aromatic nitrogens is 4. The fourth-order valence-corrected chi connectivity index (χ4v) is 4.64. The molecule has 1 fully saturated rings. The second kappa shape index (κ2) is 9.49. The number of rotatable bonds is 8. The molecule has 0 aliphatic carbocycles. The summed E-state index contributed by atoms with van der Waals surface area (Å²) in [6.07, 6.45) is 1.14. The van der Waals surface area contributed by atoms with E-state index in [1.807, 2.05) is 12.1 Å². The van der Waals surface area contributed by atoms with Crippen molar-refractivity contribution in [3.8, 4) is 5.75 Å². The number of hydrogen-bond donors (Lipinski definition) is 1. The molecule has 4 rings (SSSR count). The van der Waals surface area contributed by atoms with Gasteiger partial charge in [0.25, 0.3) is 0 Å². The lowest BCUT2D eigenvalue weighted by Gasteiger charge is -2.16. The fourth-order valence-electron chi connectivity index (χ4n) is 4.64. The summed E-state index contributed by atoms with van der Waals surface area (Å²) in [6, 6.07) is 10.9. The summed E-state index contributed by atoms with van der Waals surface area (Å²) >= 11 is 0. The van der Waals surface area contributed by atoms with E-state index in [9.17, 15) is 0 Å². The zero-order chi connectivity index (χ0) is 22.8. The lowest BCUT2D eigenvalue weighted by molar-refractivity contribution is 0.301. The van der Waals surface area contributed by atoms with Crippen molar-refractivity contribution in [1.82, 2.24) is 24.9 Å². The van der Waals surface area contributed by atoms with Gasteiger partial charge in [0.1, 0.15) is 12.4 Å². The third-order valence-electron chi connectivity index (χ3n) is 6.63. The van der Waals surface area contributed by atoms with Crippen molar-refractivity contribution in [3.05, 3.63) is 64.2 Å². The third-order valence-corrected chi connectivity index (χ3v) is 6.63.